The number of amides is 2. The Morgan fingerprint density at radius 3 is 2.29 bits per heavy atom. The predicted octanol–water partition coefficient (Wildman–Crippen LogP) is 7.45. The molecule has 3 aromatic carbocycles. The van der Waals surface area contributed by atoms with Gasteiger partial charge in [0.25, 0.3) is 0 Å². The first kappa shape index (κ1) is 22.3. The molecule has 1 aliphatic heterocycles. The van der Waals surface area contributed by atoms with E-state index < -0.39 is 0 Å². The largest absolute Gasteiger partial charge is 0.342 e. The first-order chi connectivity index (χ1) is 16.5. The highest BCUT2D eigenvalue weighted by atomic mass is 35.5. The quantitative estimate of drug-likeness (QED) is 0.418. The van der Waals surface area contributed by atoms with Gasteiger partial charge in [-0.1, -0.05) is 35.9 Å². The molecule has 2 amide bonds. The maximum absolute atomic E-state index is 13.6. The second-order valence-electron chi connectivity index (χ2n) is 8.48. The highest BCUT2D eigenvalue weighted by Crippen LogP contribution is 2.44. The van der Waals surface area contributed by atoms with E-state index >= 15 is 0 Å². The molecule has 2 atom stereocenters. The lowest BCUT2D eigenvalue weighted by Crippen LogP contribution is -2.34. The van der Waals surface area contributed by atoms with Crippen LogP contribution in [0.15, 0.2) is 83.5 Å². The number of benzene rings is 3. The van der Waals surface area contributed by atoms with Crippen molar-refractivity contribution in [3.63, 3.8) is 0 Å². The molecule has 0 radical (unpaired) electrons. The third kappa shape index (κ3) is 4.59. The van der Waals surface area contributed by atoms with Crippen molar-refractivity contribution in [1.82, 2.24) is 5.01 Å². The molecule has 0 saturated heterocycles. The molecule has 172 valence electrons. The molecule has 3 aromatic rings. The lowest BCUT2D eigenvalue weighted by Gasteiger charge is -2.29. The topological polar surface area (TPSA) is 44.7 Å². The average molecular weight is 478 g/mol. The van der Waals surface area contributed by atoms with Crippen LogP contribution in [0.4, 0.5) is 19.3 Å². The molecular formula is C27H22ClF2N3O. The zero-order valence-corrected chi connectivity index (χ0v) is 19.0. The SMILES string of the molecule is O=C(Nc1ccc(Cl)cc1)N1N=C2/C(=C/c3ccc(F)cc3)CCCC2C1c1ccc(F)cc1. The smallest absolute Gasteiger partial charge is 0.306 e. The Balaban J connectivity index is 1.51. The molecule has 7 heteroatoms. The summed E-state index contributed by atoms with van der Waals surface area (Å²) in [4.78, 5) is 13.3. The number of halogens is 3. The van der Waals surface area contributed by atoms with E-state index in [0.717, 1.165) is 41.7 Å². The van der Waals surface area contributed by atoms with Gasteiger partial charge in [-0.25, -0.2) is 18.6 Å². The number of urea groups is 1. The van der Waals surface area contributed by atoms with E-state index in [1.54, 1.807) is 48.5 Å². The molecule has 5 rings (SSSR count). The molecule has 34 heavy (non-hydrogen) atoms. The molecule has 2 unspecified atom stereocenters. The number of hydrazone groups is 1. The summed E-state index contributed by atoms with van der Waals surface area (Å²) in [5.74, 6) is -0.647. The van der Waals surface area contributed by atoms with Crippen molar-refractivity contribution in [2.24, 2.45) is 11.0 Å². The molecule has 2 aliphatic rings. The van der Waals surface area contributed by atoms with Gasteiger partial charge in [-0.05, 0) is 90.6 Å². The predicted molar refractivity (Wildman–Crippen MR) is 131 cm³/mol. The number of carbonyl (C=O) groups excluding carboxylic acids is 1. The minimum absolute atomic E-state index is 0.0260. The third-order valence-corrected chi connectivity index (χ3v) is 6.48. The fourth-order valence-corrected chi connectivity index (χ4v) is 4.76. The second kappa shape index (κ2) is 9.39. The summed E-state index contributed by atoms with van der Waals surface area (Å²) in [6.45, 7) is 0. The Hall–Kier alpha value is -3.51. The molecule has 1 saturated carbocycles. The van der Waals surface area contributed by atoms with E-state index in [4.69, 9.17) is 16.7 Å². The van der Waals surface area contributed by atoms with Crippen molar-refractivity contribution < 1.29 is 13.6 Å². The van der Waals surface area contributed by atoms with Crippen molar-refractivity contribution in [2.75, 3.05) is 5.32 Å². The summed E-state index contributed by atoms with van der Waals surface area (Å²) in [6, 6.07) is 18.6. The van der Waals surface area contributed by atoms with E-state index in [1.807, 2.05) is 6.08 Å². The number of hydrogen-bond donors (Lipinski definition) is 1. The van der Waals surface area contributed by atoms with Crippen LogP contribution in [0.3, 0.4) is 0 Å². The van der Waals surface area contributed by atoms with Crippen LogP contribution in [-0.2, 0) is 0 Å². The van der Waals surface area contributed by atoms with E-state index in [-0.39, 0.29) is 29.6 Å². The Bertz CT molecular complexity index is 1250. The number of hydrogen-bond acceptors (Lipinski definition) is 2. The first-order valence-electron chi connectivity index (χ1n) is 11.1. The number of anilines is 1. The van der Waals surface area contributed by atoms with Gasteiger partial charge in [0.2, 0.25) is 0 Å². The van der Waals surface area contributed by atoms with Gasteiger partial charge < -0.3 is 5.32 Å². The van der Waals surface area contributed by atoms with Crippen LogP contribution in [0.25, 0.3) is 6.08 Å². The normalized spacial score (nSPS) is 20.7. The van der Waals surface area contributed by atoms with Crippen molar-refractivity contribution >= 4 is 35.1 Å². The second-order valence-corrected chi connectivity index (χ2v) is 8.92. The van der Waals surface area contributed by atoms with Crippen molar-refractivity contribution in [2.45, 2.75) is 25.3 Å². The van der Waals surface area contributed by atoms with E-state index in [0.29, 0.717) is 10.7 Å². The summed E-state index contributed by atoms with van der Waals surface area (Å²) in [7, 11) is 0. The number of rotatable bonds is 3. The van der Waals surface area contributed by atoms with Gasteiger partial charge in [0.1, 0.15) is 11.6 Å². The zero-order chi connectivity index (χ0) is 23.7. The minimum atomic E-state index is -0.375. The molecule has 0 aromatic heterocycles. The average Bonchev–Trinajstić information content (AvgIpc) is 3.23. The zero-order valence-electron chi connectivity index (χ0n) is 18.2. The van der Waals surface area contributed by atoms with Crippen LogP contribution in [0.1, 0.15) is 36.4 Å². The highest BCUT2D eigenvalue weighted by molar-refractivity contribution is 6.30. The highest BCUT2D eigenvalue weighted by Gasteiger charge is 2.43. The van der Waals surface area contributed by atoms with E-state index in [1.165, 1.54) is 29.3 Å². The van der Waals surface area contributed by atoms with E-state index in [2.05, 4.69) is 5.32 Å². The summed E-state index contributed by atoms with van der Waals surface area (Å²) in [5.41, 5.74) is 4.17. The number of nitrogens with one attached hydrogen (secondary N) is 1. The van der Waals surface area contributed by atoms with E-state index in [9.17, 15) is 13.6 Å². The monoisotopic (exact) mass is 477 g/mol. The summed E-state index contributed by atoms with van der Waals surface area (Å²) in [5, 5.41) is 9.70. The van der Waals surface area contributed by atoms with Gasteiger partial charge in [-0.3, -0.25) is 0 Å². The summed E-state index contributed by atoms with van der Waals surface area (Å²) in [6.07, 6.45) is 4.61. The Kier molecular flexibility index (Phi) is 6.16. The number of nitrogens with zero attached hydrogens (tertiary/aromatic N) is 2. The van der Waals surface area contributed by atoms with Crippen molar-refractivity contribution in [3.05, 3.63) is 106 Å². The maximum Gasteiger partial charge on any atom is 0.342 e. The van der Waals surface area contributed by atoms with Gasteiger partial charge in [-0.15, -0.1) is 0 Å². The van der Waals surface area contributed by atoms with Crippen LogP contribution in [-0.4, -0.2) is 16.8 Å². The van der Waals surface area contributed by atoms with Gasteiger partial charge in [0.05, 0.1) is 11.8 Å². The molecule has 0 spiro atoms. The summed E-state index contributed by atoms with van der Waals surface area (Å²) < 4.78 is 27.0. The fraction of sp³-hybridized carbons (Fsp3) is 0.185. The lowest BCUT2D eigenvalue weighted by atomic mass is 9.77. The van der Waals surface area contributed by atoms with Gasteiger partial charge in [0.15, 0.2) is 0 Å². The fourth-order valence-electron chi connectivity index (χ4n) is 4.64. The molecule has 1 fully saturated rings. The maximum atomic E-state index is 13.6. The number of carbonyl (C=O) groups is 1. The van der Waals surface area contributed by atoms with Crippen LogP contribution in [0, 0.1) is 17.6 Å². The molecule has 1 aliphatic carbocycles. The van der Waals surface area contributed by atoms with Crippen molar-refractivity contribution in [1.29, 1.82) is 0 Å². The van der Waals surface area contributed by atoms with Crippen molar-refractivity contribution in [3.8, 4) is 0 Å². The third-order valence-electron chi connectivity index (χ3n) is 6.23. The molecule has 0 bridgehead atoms. The number of fused-ring (bicyclic) bond motifs is 1. The number of allylic oxidation sites excluding steroid dienone is 1. The van der Waals surface area contributed by atoms with Crippen LogP contribution in [0.2, 0.25) is 5.02 Å². The van der Waals surface area contributed by atoms with Gasteiger partial charge in [-0.2, -0.15) is 5.10 Å². The van der Waals surface area contributed by atoms with Crippen LogP contribution >= 0.6 is 11.6 Å². The Morgan fingerprint density at radius 2 is 1.62 bits per heavy atom. The summed E-state index contributed by atoms with van der Waals surface area (Å²) >= 11 is 5.96. The molecule has 4 nitrogen and oxygen atoms in total. The molecular weight excluding hydrogens is 456 g/mol. The standard InChI is InChI=1S/C27H22ClF2N3O/c28-20-8-14-23(15-9-20)31-27(34)33-26(18-6-12-22(30)13-7-18)24-3-1-2-19(25(24)32-33)16-17-4-10-21(29)11-5-17/h4-16,24,26H,1-3H2,(H,31,34)/b19-16+. The van der Waals surface area contributed by atoms with Gasteiger partial charge >= 0.3 is 6.03 Å². The minimum Gasteiger partial charge on any atom is -0.306 e. The lowest BCUT2D eigenvalue weighted by molar-refractivity contribution is 0.188. The van der Waals surface area contributed by atoms with Crippen LogP contribution < -0.4 is 5.32 Å². The Labute approximate surface area is 201 Å². The molecule has 1 N–H and O–H groups in total. The Morgan fingerprint density at radius 1 is 0.971 bits per heavy atom. The van der Waals surface area contributed by atoms with Crippen LogP contribution in [0.5, 0.6) is 0 Å². The first-order valence-corrected chi connectivity index (χ1v) is 11.5. The van der Waals surface area contributed by atoms with Gasteiger partial charge in [0, 0.05) is 16.6 Å². The molecule has 1 heterocycles.